The third-order valence-electron chi connectivity index (χ3n) is 4.32. The largest absolute Gasteiger partial charge is 0.353 e. The van der Waals surface area contributed by atoms with Crippen molar-refractivity contribution in [3.8, 4) is 0 Å². The molecule has 0 aromatic rings. The van der Waals surface area contributed by atoms with Crippen molar-refractivity contribution in [2.45, 2.75) is 52.0 Å². The first-order valence-electron chi connectivity index (χ1n) is 7.20. The summed E-state index contributed by atoms with van der Waals surface area (Å²) >= 11 is 0. The third-order valence-corrected chi connectivity index (χ3v) is 5.13. The summed E-state index contributed by atoms with van der Waals surface area (Å²) in [4.78, 5) is 12.4. The molecule has 1 aliphatic carbocycles. The Bertz CT molecular complexity index is 325. The van der Waals surface area contributed by atoms with Crippen LogP contribution in [0.15, 0.2) is 0 Å². The monoisotopic (exact) mass is 288 g/mol. The van der Waals surface area contributed by atoms with Crippen LogP contribution < -0.4 is 11.1 Å². The van der Waals surface area contributed by atoms with E-state index in [0.29, 0.717) is 18.2 Å². The fourth-order valence-corrected chi connectivity index (χ4v) is 3.32. The molecule has 2 unspecified atom stereocenters. The van der Waals surface area contributed by atoms with E-state index in [2.05, 4.69) is 12.2 Å². The molecule has 1 rings (SSSR count). The highest BCUT2D eigenvalue weighted by Crippen LogP contribution is 2.38. The van der Waals surface area contributed by atoms with Crippen LogP contribution in [0.1, 0.15) is 46.0 Å². The quantitative estimate of drug-likeness (QED) is 0.776. The highest BCUT2D eigenvalue weighted by molar-refractivity contribution is 7.84. The van der Waals surface area contributed by atoms with Crippen LogP contribution in [0.3, 0.4) is 0 Å². The maximum Gasteiger partial charge on any atom is 0.227 e. The standard InChI is InChI=1S/C14H28N2O2S/c1-11-4-7-14(10-15,8-5-11)13(17)16-12(2)6-9-19(3)18/h11-12H,4-10,15H2,1-3H3,(H,16,17). The van der Waals surface area contributed by atoms with E-state index < -0.39 is 10.8 Å². The molecule has 5 heteroatoms. The van der Waals surface area contributed by atoms with Gasteiger partial charge in [0.2, 0.25) is 5.91 Å². The lowest BCUT2D eigenvalue weighted by atomic mass is 9.70. The fourth-order valence-electron chi connectivity index (χ4n) is 2.63. The minimum Gasteiger partial charge on any atom is -0.353 e. The molecule has 1 aliphatic rings. The Morgan fingerprint density at radius 2 is 2.05 bits per heavy atom. The Morgan fingerprint density at radius 1 is 1.47 bits per heavy atom. The van der Waals surface area contributed by atoms with E-state index in [1.54, 1.807) is 6.26 Å². The van der Waals surface area contributed by atoms with Crippen molar-refractivity contribution in [2.24, 2.45) is 17.1 Å². The summed E-state index contributed by atoms with van der Waals surface area (Å²) in [5.41, 5.74) is 5.50. The van der Waals surface area contributed by atoms with Crippen molar-refractivity contribution in [3.05, 3.63) is 0 Å². The first kappa shape index (κ1) is 16.6. The second-order valence-electron chi connectivity index (χ2n) is 6.11. The topological polar surface area (TPSA) is 72.2 Å². The summed E-state index contributed by atoms with van der Waals surface area (Å²) < 4.78 is 11.1. The number of hydrogen-bond donors (Lipinski definition) is 2. The second-order valence-corrected chi connectivity index (χ2v) is 7.66. The number of carbonyl (C=O) groups excluding carboxylic acids is 1. The Hall–Kier alpha value is -0.420. The molecular weight excluding hydrogens is 260 g/mol. The van der Waals surface area contributed by atoms with Crippen LogP contribution in [0.2, 0.25) is 0 Å². The maximum absolute atomic E-state index is 12.4. The molecule has 0 aromatic carbocycles. The molecule has 0 aliphatic heterocycles. The molecule has 4 nitrogen and oxygen atoms in total. The molecule has 0 radical (unpaired) electrons. The van der Waals surface area contributed by atoms with Gasteiger partial charge in [-0.15, -0.1) is 0 Å². The zero-order valence-corrected chi connectivity index (χ0v) is 13.2. The summed E-state index contributed by atoms with van der Waals surface area (Å²) in [7, 11) is -0.799. The van der Waals surface area contributed by atoms with Crippen molar-refractivity contribution in [2.75, 3.05) is 18.6 Å². The van der Waals surface area contributed by atoms with Crippen LogP contribution in [-0.2, 0) is 15.6 Å². The minimum absolute atomic E-state index is 0.0687. The van der Waals surface area contributed by atoms with Crippen LogP contribution in [0.5, 0.6) is 0 Å². The number of rotatable bonds is 6. The second kappa shape index (κ2) is 7.39. The predicted octanol–water partition coefficient (Wildman–Crippen LogP) is 1.41. The van der Waals surface area contributed by atoms with Gasteiger partial charge in [-0.25, -0.2) is 0 Å². The zero-order chi connectivity index (χ0) is 14.5. The molecular formula is C14H28N2O2S. The van der Waals surface area contributed by atoms with Crippen molar-refractivity contribution < 1.29 is 9.00 Å². The van der Waals surface area contributed by atoms with Gasteiger partial charge in [-0.3, -0.25) is 9.00 Å². The molecule has 3 N–H and O–H groups in total. The van der Waals surface area contributed by atoms with Gasteiger partial charge in [0.1, 0.15) is 0 Å². The van der Waals surface area contributed by atoms with Gasteiger partial charge < -0.3 is 11.1 Å². The van der Waals surface area contributed by atoms with Crippen molar-refractivity contribution >= 4 is 16.7 Å². The van der Waals surface area contributed by atoms with E-state index in [4.69, 9.17) is 5.73 Å². The summed E-state index contributed by atoms with van der Waals surface area (Å²) in [6, 6.07) is 0.0687. The third kappa shape index (κ3) is 4.88. The highest BCUT2D eigenvalue weighted by Gasteiger charge is 2.40. The smallest absolute Gasteiger partial charge is 0.227 e. The number of nitrogens with two attached hydrogens (primary N) is 1. The number of hydrogen-bond acceptors (Lipinski definition) is 3. The SMILES string of the molecule is CC1CCC(CN)(C(=O)NC(C)CCS(C)=O)CC1. The highest BCUT2D eigenvalue weighted by atomic mass is 32.2. The number of carbonyl (C=O) groups is 1. The van der Waals surface area contributed by atoms with E-state index >= 15 is 0 Å². The molecule has 2 atom stereocenters. The van der Waals surface area contributed by atoms with Crippen LogP contribution in [0.4, 0.5) is 0 Å². The average Bonchev–Trinajstić information content (AvgIpc) is 2.37. The van der Waals surface area contributed by atoms with Gasteiger partial charge in [-0.05, 0) is 44.9 Å². The molecule has 1 fully saturated rings. The predicted molar refractivity (Wildman–Crippen MR) is 80.3 cm³/mol. The fraction of sp³-hybridized carbons (Fsp3) is 0.929. The molecule has 0 aromatic heterocycles. The summed E-state index contributed by atoms with van der Waals surface area (Å²) in [5.74, 6) is 1.43. The van der Waals surface area contributed by atoms with Gasteiger partial charge in [0.25, 0.3) is 0 Å². The number of amides is 1. The van der Waals surface area contributed by atoms with Gasteiger partial charge in [0, 0.05) is 35.4 Å². The zero-order valence-electron chi connectivity index (χ0n) is 12.4. The molecule has 0 spiro atoms. The van der Waals surface area contributed by atoms with Crippen molar-refractivity contribution in [3.63, 3.8) is 0 Å². The van der Waals surface area contributed by atoms with E-state index in [9.17, 15) is 9.00 Å². The molecule has 19 heavy (non-hydrogen) atoms. The van der Waals surface area contributed by atoms with Gasteiger partial charge in [0.15, 0.2) is 0 Å². The first-order valence-corrected chi connectivity index (χ1v) is 8.93. The summed E-state index contributed by atoms with van der Waals surface area (Å²) in [6.07, 6.45) is 6.39. The van der Waals surface area contributed by atoms with E-state index in [0.717, 1.165) is 32.1 Å². The van der Waals surface area contributed by atoms with Crippen molar-refractivity contribution in [1.82, 2.24) is 5.32 Å². The Kier molecular flexibility index (Phi) is 6.47. The Balaban J connectivity index is 2.52. The lowest BCUT2D eigenvalue weighted by molar-refractivity contribution is -0.133. The van der Waals surface area contributed by atoms with Crippen LogP contribution in [-0.4, -0.2) is 34.7 Å². The van der Waals surface area contributed by atoms with Gasteiger partial charge >= 0.3 is 0 Å². The first-order chi connectivity index (χ1) is 8.89. The van der Waals surface area contributed by atoms with E-state index in [1.165, 1.54) is 0 Å². The van der Waals surface area contributed by atoms with E-state index in [-0.39, 0.29) is 17.4 Å². The summed E-state index contributed by atoms with van der Waals surface area (Å²) in [6.45, 7) is 4.63. The summed E-state index contributed by atoms with van der Waals surface area (Å²) in [5, 5.41) is 3.06. The molecule has 0 saturated heterocycles. The Morgan fingerprint density at radius 3 is 2.53 bits per heavy atom. The van der Waals surface area contributed by atoms with Gasteiger partial charge in [0.05, 0.1) is 5.41 Å². The molecule has 0 bridgehead atoms. The van der Waals surface area contributed by atoms with Crippen LogP contribution in [0, 0.1) is 11.3 Å². The molecule has 0 heterocycles. The van der Waals surface area contributed by atoms with Crippen LogP contribution in [0.25, 0.3) is 0 Å². The number of nitrogens with one attached hydrogen (secondary N) is 1. The normalized spacial score (nSPS) is 30.6. The Labute approximate surface area is 119 Å². The maximum atomic E-state index is 12.4. The molecule has 1 amide bonds. The molecule has 112 valence electrons. The van der Waals surface area contributed by atoms with Crippen LogP contribution >= 0.6 is 0 Å². The minimum atomic E-state index is -0.799. The van der Waals surface area contributed by atoms with Gasteiger partial charge in [-0.1, -0.05) is 6.92 Å². The lowest BCUT2D eigenvalue weighted by Gasteiger charge is -2.37. The van der Waals surface area contributed by atoms with E-state index in [1.807, 2.05) is 6.92 Å². The van der Waals surface area contributed by atoms with Gasteiger partial charge in [-0.2, -0.15) is 0 Å². The average molecular weight is 288 g/mol. The van der Waals surface area contributed by atoms with Crippen molar-refractivity contribution in [1.29, 1.82) is 0 Å². The lowest BCUT2D eigenvalue weighted by Crippen LogP contribution is -2.50. The molecule has 1 saturated carbocycles.